The van der Waals surface area contributed by atoms with Crippen LogP contribution in [0.3, 0.4) is 0 Å². The number of hydrogen-bond acceptors (Lipinski definition) is 3. The second-order valence-electron chi connectivity index (χ2n) is 7.08. The van der Waals surface area contributed by atoms with Crippen LogP contribution in [0.2, 0.25) is 0 Å². The summed E-state index contributed by atoms with van der Waals surface area (Å²) in [6.45, 7) is 2.75. The highest BCUT2D eigenvalue weighted by molar-refractivity contribution is 5.73. The van der Waals surface area contributed by atoms with Gasteiger partial charge in [0.1, 0.15) is 11.8 Å². The molecule has 2 aromatic rings. The summed E-state index contributed by atoms with van der Waals surface area (Å²) in [6, 6.07) is 10.6. The van der Waals surface area contributed by atoms with Crippen LogP contribution in [0.5, 0.6) is 5.75 Å². The molecule has 1 N–H and O–H groups in total. The summed E-state index contributed by atoms with van der Waals surface area (Å²) in [5.74, 6) is -0.391. The van der Waals surface area contributed by atoms with Crippen molar-refractivity contribution < 1.29 is 27.8 Å². The molecule has 2 aromatic carbocycles. The van der Waals surface area contributed by atoms with E-state index in [1.54, 1.807) is 35.2 Å². The van der Waals surface area contributed by atoms with Crippen molar-refractivity contribution in [2.45, 2.75) is 44.4 Å². The fourth-order valence-corrected chi connectivity index (χ4v) is 3.98. The Labute approximate surface area is 167 Å². The molecule has 2 atom stereocenters. The van der Waals surface area contributed by atoms with Crippen molar-refractivity contribution in [1.82, 2.24) is 4.90 Å². The molecule has 29 heavy (non-hydrogen) atoms. The summed E-state index contributed by atoms with van der Waals surface area (Å²) < 4.78 is 46.7. The number of aliphatic carboxylic acids is 1. The van der Waals surface area contributed by atoms with Gasteiger partial charge in [0.15, 0.2) is 0 Å². The lowest BCUT2D eigenvalue weighted by Crippen LogP contribution is -2.47. The molecule has 1 heterocycles. The molecule has 156 valence electrons. The van der Waals surface area contributed by atoms with Crippen LogP contribution in [0.1, 0.15) is 48.9 Å². The molecule has 0 radical (unpaired) electrons. The number of ether oxygens (including phenoxy) is 1. The number of benzene rings is 2. The minimum Gasteiger partial charge on any atom is -0.494 e. The third-order valence-electron chi connectivity index (χ3n) is 5.23. The lowest BCUT2D eigenvalue weighted by Gasteiger charge is -2.40. The minimum atomic E-state index is -4.53. The number of carbonyl (C=O) groups is 1. The monoisotopic (exact) mass is 407 g/mol. The summed E-state index contributed by atoms with van der Waals surface area (Å²) in [4.78, 5) is 13.6. The van der Waals surface area contributed by atoms with Crippen LogP contribution >= 0.6 is 0 Å². The summed E-state index contributed by atoms with van der Waals surface area (Å²) in [6.07, 6.45) is -2.64. The molecule has 0 aliphatic carbocycles. The lowest BCUT2D eigenvalue weighted by molar-refractivity contribution is -0.145. The zero-order valence-corrected chi connectivity index (χ0v) is 16.2. The SMILES string of the molecule is CCOc1ccc(C(c2ccccc2C(F)(F)F)N2CCCCC2C(=O)O)cc1. The first-order valence-corrected chi connectivity index (χ1v) is 9.70. The predicted octanol–water partition coefficient (Wildman–Crippen LogP) is 5.13. The first-order chi connectivity index (χ1) is 13.8. The zero-order chi connectivity index (χ0) is 21.0. The van der Waals surface area contributed by atoms with Gasteiger partial charge in [0.05, 0.1) is 18.2 Å². The third kappa shape index (κ3) is 4.72. The van der Waals surface area contributed by atoms with E-state index in [1.165, 1.54) is 12.1 Å². The van der Waals surface area contributed by atoms with Crippen molar-refractivity contribution >= 4 is 5.97 Å². The number of hydrogen-bond donors (Lipinski definition) is 1. The van der Waals surface area contributed by atoms with Gasteiger partial charge >= 0.3 is 12.1 Å². The van der Waals surface area contributed by atoms with Gasteiger partial charge in [-0.2, -0.15) is 13.2 Å². The zero-order valence-electron chi connectivity index (χ0n) is 16.2. The highest BCUT2D eigenvalue weighted by Crippen LogP contribution is 2.41. The van der Waals surface area contributed by atoms with Crippen LogP contribution < -0.4 is 4.74 Å². The number of piperidine rings is 1. The van der Waals surface area contributed by atoms with E-state index in [0.29, 0.717) is 30.9 Å². The van der Waals surface area contributed by atoms with E-state index in [9.17, 15) is 23.1 Å². The van der Waals surface area contributed by atoms with E-state index in [0.717, 1.165) is 18.9 Å². The molecule has 4 nitrogen and oxygen atoms in total. The largest absolute Gasteiger partial charge is 0.494 e. The Morgan fingerprint density at radius 2 is 1.86 bits per heavy atom. The molecule has 0 saturated carbocycles. The van der Waals surface area contributed by atoms with E-state index in [1.807, 2.05) is 6.92 Å². The molecule has 0 bridgehead atoms. The maximum Gasteiger partial charge on any atom is 0.416 e. The second kappa shape index (κ2) is 8.86. The van der Waals surface area contributed by atoms with Crippen LogP contribution in [0.4, 0.5) is 13.2 Å². The Balaban J connectivity index is 2.13. The van der Waals surface area contributed by atoms with Crippen LogP contribution in [0.25, 0.3) is 0 Å². The number of halogens is 3. The van der Waals surface area contributed by atoms with Gasteiger partial charge < -0.3 is 9.84 Å². The fraction of sp³-hybridized carbons (Fsp3) is 0.409. The average Bonchev–Trinajstić information content (AvgIpc) is 2.70. The Hall–Kier alpha value is -2.54. The molecular weight excluding hydrogens is 383 g/mol. The standard InChI is InChI=1S/C22H24F3NO3/c1-2-29-16-12-10-15(11-13-16)20(26-14-6-5-9-19(26)21(27)28)17-7-3-4-8-18(17)22(23,24)25/h3-4,7-8,10-13,19-20H,2,5-6,9,14H2,1H3,(H,27,28). The van der Waals surface area contributed by atoms with E-state index in [-0.39, 0.29) is 5.56 Å². The molecule has 1 fully saturated rings. The second-order valence-corrected chi connectivity index (χ2v) is 7.08. The molecule has 1 saturated heterocycles. The molecule has 3 rings (SSSR count). The van der Waals surface area contributed by atoms with Gasteiger partial charge in [-0.25, -0.2) is 0 Å². The molecule has 1 aliphatic heterocycles. The van der Waals surface area contributed by atoms with Gasteiger partial charge in [0.2, 0.25) is 0 Å². The van der Waals surface area contributed by atoms with Crippen molar-refractivity contribution in [2.24, 2.45) is 0 Å². The summed E-state index contributed by atoms with van der Waals surface area (Å²) in [7, 11) is 0. The maximum atomic E-state index is 13.8. The normalized spacial score (nSPS) is 19.0. The average molecular weight is 407 g/mol. The number of alkyl halides is 3. The predicted molar refractivity (Wildman–Crippen MR) is 103 cm³/mol. The smallest absolute Gasteiger partial charge is 0.416 e. The van der Waals surface area contributed by atoms with Gasteiger partial charge in [-0.05, 0) is 55.6 Å². The van der Waals surface area contributed by atoms with Gasteiger partial charge in [0.25, 0.3) is 0 Å². The molecule has 0 aromatic heterocycles. The number of carboxylic acids is 1. The van der Waals surface area contributed by atoms with Crippen LogP contribution in [-0.2, 0) is 11.0 Å². The third-order valence-corrected chi connectivity index (χ3v) is 5.23. The summed E-state index contributed by atoms with van der Waals surface area (Å²) in [5.41, 5.74) is -0.0655. The Kier molecular flexibility index (Phi) is 6.47. The van der Waals surface area contributed by atoms with E-state index >= 15 is 0 Å². The van der Waals surface area contributed by atoms with Crippen molar-refractivity contribution in [3.63, 3.8) is 0 Å². The van der Waals surface area contributed by atoms with E-state index in [4.69, 9.17) is 4.74 Å². The molecule has 7 heteroatoms. The van der Waals surface area contributed by atoms with Crippen LogP contribution in [-0.4, -0.2) is 35.2 Å². The molecule has 2 unspecified atom stereocenters. The number of carboxylic acid groups (broad SMARTS) is 1. The maximum absolute atomic E-state index is 13.8. The van der Waals surface area contributed by atoms with Crippen molar-refractivity contribution in [1.29, 1.82) is 0 Å². The summed E-state index contributed by atoms with van der Waals surface area (Å²) in [5, 5.41) is 9.71. The first kappa shape index (κ1) is 21.2. The highest BCUT2D eigenvalue weighted by atomic mass is 19.4. The van der Waals surface area contributed by atoms with Gasteiger partial charge in [0, 0.05) is 0 Å². The fourth-order valence-electron chi connectivity index (χ4n) is 3.98. The van der Waals surface area contributed by atoms with Gasteiger partial charge in [-0.1, -0.05) is 36.8 Å². The topological polar surface area (TPSA) is 49.8 Å². The van der Waals surface area contributed by atoms with Crippen molar-refractivity contribution in [2.75, 3.05) is 13.2 Å². The Morgan fingerprint density at radius 3 is 2.48 bits per heavy atom. The van der Waals surface area contributed by atoms with Crippen molar-refractivity contribution in [3.05, 3.63) is 65.2 Å². The molecule has 0 amide bonds. The molecule has 1 aliphatic rings. The minimum absolute atomic E-state index is 0.0670. The molecule has 0 spiro atoms. The van der Waals surface area contributed by atoms with Crippen LogP contribution in [0, 0.1) is 0 Å². The number of nitrogens with zero attached hydrogens (tertiary/aromatic N) is 1. The molecular formula is C22H24F3NO3. The van der Waals surface area contributed by atoms with Gasteiger partial charge in [-0.15, -0.1) is 0 Å². The van der Waals surface area contributed by atoms with Crippen LogP contribution in [0.15, 0.2) is 48.5 Å². The van der Waals surface area contributed by atoms with E-state index < -0.39 is 29.8 Å². The first-order valence-electron chi connectivity index (χ1n) is 9.70. The summed E-state index contributed by atoms with van der Waals surface area (Å²) >= 11 is 0. The lowest BCUT2D eigenvalue weighted by atomic mass is 9.89. The highest BCUT2D eigenvalue weighted by Gasteiger charge is 2.40. The van der Waals surface area contributed by atoms with E-state index in [2.05, 4.69) is 0 Å². The quantitative estimate of drug-likeness (QED) is 0.721. The Morgan fingerprint density at radius 1 is 1.17 bits per heavy atom. The Bertz CT molecular complexity index is 836. The van der Waals surface area contributed by atoms with Crippen molar-refractivity contribution in [3.8, 4) is 5.75 Å². The van der Waals surface area contributed by atoms with Gasteiger partial charge in [-0.3, -0.25) is 9.69 Å². The number of rotatable bonds is 6. The number of likely N-dealkylation sites (tertiary alicyclic amines) is 1.